The number of rotatable bonds is 6. The summed E-state index contributed by atoms with van der Waals surface area (Å²) in [6, 6.07) is 3.34. The highest BCUT2D eigenvalue weighted by atomic mass is 32.1. The number of pyridine rings is 1. The fourth-order valence-corrected chi connectivity index (χ4v) is 6.36. The van der Waals surface area contributed by atoms with Gasteiger partial charge in [-0.25, -0.2) is 14.5 Å². The van der Waals surface area contributed by atoms with Gasteiger partial charge in [-0.3, -0.25) is 0 Å². The first-order valence-corrected chi connectivity index (χ1v) is 12.8. The van der Waals surface area contributed by atoms with E-state index in [0.717, 1.165) is 28.2 Å². The Morgan fingerprint density at radius 1 is 1.18 bits per heavy atom. The molecule has 176 valence electrons. The number of nitrogens with one attached hydrogen (secondary N) is 1. The van der Waals surface area contributed by atoms with Gasteiger partial charge in [0, 0.05) is 35.3 Å². The zero-order chi connectivity index (χ0) is 23.3. The van der Waals surface area contributed by atoms with Gasteiger partial charge in [0.15, 0.2) is 11.4 Å². The van der Waals surface area contributed by atoms with Crippen LogP contribution in [-0.2, 0) is 0 Å². The van der Waals surface area contributed by atoms with Gasteiger partial charge in [0.25, 0.3) is 0 Å². The Balaban J connectivity index is 1.48. The maximum absolute atomic E-state index is 5.59. The van der Waals surface area contributed by atoms with Gasteiger partial charge >= 0.3 is 0 Å². The Hall–Kier alpha value is -2.45. The number of aromatic amines is 1. The molecule has 0 radical (unpaired) electrons. The largest absolute Gasteiger partial charge is 0.493 e. The van der Waals surface area contributed by atoms with Crippen LogP contribution in [0.4, 0.5) is 0 Å². The number of hydrogen-bond acceptors (Lipinski definition) is 6. The fraction of sp³-hybridized carbons (Fsp3) is 0.560. The second kappa shape index (κ2) is 8.72. The molecule has 1 fully saturated rings. The summed E-state index contributed by atoms with van der Waals surface area (Å²) in [5.41, 5.74) is 5.25. The highest BCUT2D eigenvalue weighted by Crippen LogP contribution is 2.43. The lowest BCUT2D eigenvalue weighted by molar-refractivity contribution is 0.148. The number of thiazole rings is 1. The maximum Gasteiger partial charge on any atom is 0.197 e. The molecule has 5 rings (SSSR count). The summed E-state index contributed by atoms with van der Waals surface area (Å²) >= 11 is 1.84. The summed E-state index contributed by atoms with van der Waals surface area (Å²) in [4.78, 5) is 16.9. The van der Waals surface area contributed by atoms with Crippen molar-refractivity contribution in [1.82, 2.24) is 29.5 Å². The van der Waals surface area contributed by atoms with E-state index in [-0.39, 0.29) is 0 Å². The average Bonchev–Trinajstić information content (AvgIpc) is 3.51. The van der Waals surface area contributed by atoms with Crippen molar-refractivity contribution in [2.75, 3.05) is 14.2 Å². The average molecular weight is 467 g/mol. The summed E-state index contributed by atoms with van der Waals surface area (Å²) < 4.78 is 7.37. The van der Waals surface area contributed by atoms with Crippen LogP contribution < -0.4 is 4.74 Å². The van der Waals surface area contributed by atoms with E-state index in [4.69, 9.17) is 9.72 Å². The molecule has 0 saturated heterocycles. The summed E-state index contributed by atoms with van der Waals surface area (Å²) in [7, 11) is 3.94. The molecular weight excluding hydrogens is 432 g/mol. The first-order valence-electron chi connectivity index (χ1n) is 12.0. The van der Waals surface area contributed by atoms with E-state index in [1.165, 1.54) is 41.1 Å². The minimum Gasteiger partial charge on any atom is -0.493 e. The Kier molecular flexibility index (Phi) is 5.91. The van der Waals surface area contributed by atoms with Crippen LogP contribution in [0.3, 0.4) is 0 Å². The molecule has 4 heterocycles. The standard InChI is InChI=1S/C25H34N6OS/c1-14(2)20-21(17-11-19(32-6)23-26-13-27-31(23)12-17)28-25-22(20)29-24(33-25)16-7-9-18(10-8-16)30(5)15(3)4/h11-16,18,28H,7-10H2,1-6H3. The first-order chi connectivity index (χ1) is 15.9. The molecule has 0 amide bonds. The highest BCUT2D eigenvalue weighted by molar-refractivity contribution is 7.18. The number of hydrogen-bond donors (Lipinski definition) is 1. The normalized spacial score (nSPS) is 19.5. The van der Waals surface area contributed by atoms with E-state index in [9.17, 15) is 0 Å². The fourth-order valence-electron chi connectivity index (χ4n) is 5.20. The number of methoxy groups -OCH3 is 1. The van der Waals surface area contributed by atoms with Gasteiger partial charge in [0.05, 0.1) is 17.8 Å². The Morgan fingerprint density at radius 2 is 1.94 bits per heavy atom. The number of ether oxygens (including phenoxy) is 1. The second-order valence-electron chi connectivity index (χ2n) is 9.89. The molecular formula is C25H34N6OS. The van der Waals surface area contributed by atoms with Crippen LogP contribution in [0.5, 0.6) is 5.75 Å². The van der Waals surface area contributed by atoms with E-state index in [1.807, 2.05) is 23.6 Å². The van der Waals surface area contributed by atoms with Crippen molar-refractivity contribution < 1.29 is 4.74 Å². The lowest BCUT2D eigenvalue weighted by Gasteiger charge is -2.36. The van der Waals surface area contributed by atoms with Gasteiger partial charge in [0.1, 0.15) is 16.7 Å². The molecule has 1 N–H and O–H groups in total. The van der Waals surface area contributed by atoms with Crippen LogP contribution in [0, 0.1) is 0 Å². The molecule has 1 saturated carbocycles. The van der Waals surface area contributed by atoms with Gasteiger partial charge in [-0.2, -0.15) is 5.10 Å². The molecule has 8 heteroatoms. The summed E-state index contributed by atoms with van der Waals surface area (Å²) in [5.74, 6) is 1.63. The number of fused-ring (bicyclic) bond motifs is 2. The van der Waals surface area contributed by atoms with Crippen molar-refractivity contribution in [2.45, 2.75) is 77.3 Å². The minimum absolute atomic E-state index is 0.344. The zero-order valence-corrected chi connectivity index (χ0v) is 21.2. The summed E-state index contributed by atoms with van der Waals surface area (Å²) in [6.45, 7) is 9.06. The van der Waals surface area contributed by atoms with E-state index < -0.39 is 0 Å². The van der Waals surface area contributed by atoms with E-state index in [2.05, 4.69) is 54.7 Å². The van der Waals surface area contributed by atoms with Crippen molar-refractivity contribution in [1.29, 1.82) is 0 Å². The van der Waals surface area contributed by atoms with Crippen LogP contribution in [0.25, 0.3) is 27.3 Å². The Morgan fingerprint density at radius 3 is 2.61 bits per heavy atom. The SMILES string of the molecule is COc1cc(-c2[nH]c3sc(C4CCC(N(C)C(C)C)CC4)nc3c2C(C)C)cn2ncnc12. The predicted molar refractivity (Wildman–Crippen MR) is 134 cm³/mol. The molecule has 1 aliphatic carbocycles. The lowest BCUT2D eigenvalue weighted by Crippen LogP contribution is -2.39. The third-order valence-corrected chi connectivity index (χ3v) is 8.40. The molecule has 4 aromatic rings. The van der Waals surface area contributed by atoms with Crippen LogP contribution in [0.2, 0.25) is 0 Å². The molecule has 4 aromatic heterocycles. The first kappa shape index (κ1) is 22.3. The monoisotopic (exact) mass is 466 g/mol. The number of aromatic nitrogens is 5. The van der Waals surface area contributed by atoms with Crippen LogP contribution >= 0.6 is 11.3 Å². The van der Waals surface area contributed by atoms with Gasteiger partial charge in [-0.1, -0.05) is 13.8 Å². The van der Waals surface area contributed by atoms with Crippen molar-refractivity contribution in [3.05, 3.63) is 29.2 Å². The molecule has 7 nitrogen and oxygen atoms in total. The highest BCUT2D eigenvalue weighted by Gasteiger charge is 2.29. The van der Waals surface area contributed by atoms with E-state index in [0.29, 0.717) is 23.9 Å². The maximum atomic E-state index is 5.59. The Labute approximate surface area is 199 Å². The van der Waals surface area contributed by atoms with Crippen molar-refractivity contribution >= 4 is 27.3 Å². The molecule has 0 aliphatic heterocycles. The Bertz CT molecular complexity index is 1260. The lowest BCUT2D eigenvalue weighted by atomic mass is 9.85. The van der Waals surface area contributed by atoms with Gasteiger partial charge < -0.3 is 14.6 Å². The topological polar surface area (TPSA) is 71.3 Å². The quantitative estimate of drug-likeness (QED) is 0.387. The molecule has 0 bridgehead atoms. The molecule has 0 unspecified atom stereocenters. The summed E-state index contributed by atoms with van der Waals surface area (Å²) in [5, 5.41) is 5.62. The number of nitrogens with zero attached hydrogens (tertiary/aromatic N) is 5. The zero-order valence-electron chi connectivity index (χ0n) is 20.4. The van der Waals surface area contributed by atoms with Crippen molar-refractivity contribution in [2.24, 2.45) is 0 Å². The van der Waals surface area contributed by atoms with E-state index >= 15 is 0 Å². The van der Waals surface area contributed by atoms with Gasteiger partial charge in [-0.05, 0) is 58.6 Å². The molecule has 0 aromatic carbocycles. The van der Waals surface area contributed by atoms with Crippen LogP contribution in [-0.4, -0.2) is 55.7 Å². The molecule has 0 atom stereocenters. The van der Waals surface area contributed by atoms with Crippen LogP contribution in [0.15, 0.2) is 18.6 Å². The third kappa shape index (κ3) is 3.93. The van der Waals surface area contributed by atoms with E-state index in [1.54, 1.807) is 18.0 Å². The second-order valence-corrected chi connectivity index (χ2v) is 10.9. The number of H-pyrrole nitrogens is 1. The predicted octanol–water partition coefficient (Wildman–Crippen LogP) is 5.83. The molecule has 33 heavy (non-hydrogen) atoms. The van der Waals surface area contributed by atoms with Crippen molar-refractivity contribution in [3.8, 4) is 17.0 Å². The molecule has 1 aliphatic rings. The third-order valence-electron chi connectivity index (χ3n) is 7.27. The smallest absolute Gasteiger partial charge is 0.197 e. The molecule has 0 spiro atoms. The van der Waals surface area contributed by atoms with Gasteiger partial charge in [0.2, 0.25) is 0 Å². The minimum atomic E-state index is 0.344. The van der Waals surface area contributed by atoms with Crippen LogP contribution in [0.1, 0.15) is 75.8 Å². The van der Waals surface area contributed by atoms with Crippen molar-refractivity contribution in [3.63, 3.8) is 0 Å². The van der Waals surface area contributed by atoms with Gasteiger partial charge in [-0.15, -0.1) is 11.3 Å². The summed E-state index contributed by atoms with van der Waals surface area (Å²) in [6.07, 6.45) is 8.53.